The molecule has 2 aromatic carbocycles. The number of halogens is 1. The van der Waals surface area contributed by atoms with Crippen molar-refractivity contribution in [3.05, 3.63) is 70.0 Å². The first-order valence-electron chi connectivity index (χ1n) is 8.55. The van der Waals surface area contributed by atoms with Crippen LogP contribution in [-0.4, -0.2) is 26.4 Å². The number of aromatic nitrogens is 3. The lowest BCUT2D eigenvalue weighted by atomic mass is 10.1. The zero-order valence-electron chi connectivity index (χ0n) is 15.5. The Hall–Kier alpha value is -2.31. The number of aryl methyl sites for hydroxylation is 2. The minimum absolute atomic E-state index is 0.124. The molecule has 0 aliphatic carbocycles. The smallest absolute Gasteiger partial charge is 0.234 e. The summed E-state index contributed by atoms with van der Waals surface area (Å²) in [5.41, 5.74) is 3.85. The van der Waals surface area contributed by atoms with E-state index in [-0.39, 0.29) is 11.7 Å². The molecule has 0 radical (unpaired) electrons. The number of thioether (sulfide) groups is 1. The molecule has 3 rings (SSSR count). The first-order valence-corrected chi connectivity index (χ1v) is 9.92. The summed E-state index contributed by atoms with van der Waals surface area (Å²) in [6.07, 6.45) is 0.704. The summed E-state index contributed by atoms with van der Waals surface area (Å²) in [7, 11) is 1.92. The first-order chi connectivity index (χ1) is 12.9. The number of hydrogen-bond acceptors (Lipinski definition) is 4. The van der Waals surface area contributed by atoms with Crippen molar-refractivity contribution < 1.29 is 4.79 Å². The van der Waals surface area contributed by atoms with Crippen molar-refractivity contribution in [3.63, 3.8) is 0 Å². The molecule has 1 N–H and O–H groups in total. The highest BCUT2D eigenvalue weighted by Gasteiger charge is 2.14. The van der Waals surface area contributed by atoms with Gasteiger partial charge in [-0.1, -0.05) is 59.8 Å². The Labute approximate surface area is 168 Å². The maximum absolute atomic E-state index is 12.3. The number of carbonyl (C=O) groups excluding carboxylic acids is 1. The van der Waals surface area contributed by atoms with Gasteiger partial charge in [-0.15, -0.1) is 10.2 Å². The van der Waals surface area contributed by atoms with Crippen molar-refractivity contribution in [3.8, 4) is 0 Å². The van der Waals surface area contributed by atoms with Crippen LogP contribution in [0.4, 0.5) is 5.69 Å². The van der Waals surface area contributed by atoms with Gasteiger partial charge < -0.3 is 9.88 Å². The Balaban J connectivity index is 1.61. The Morgan fingerprint density at radius 3 is 2.63 bits per heavy atom. The third kappa shape index (κ3) is 4.90. The molecule has 0 saturated carbocycles. The molecule has 0 fully saturated rings. The molecule has 0 saturated heterocycles. The van der Waals surface area contributed by atoms with E-state index in [1.54, 1.807) is 0 Å². The Kier molecular flexibility index (Phi) is 6.19. The van der Waals surface area contributed by atoms with Crippen LogP contribution in [0.15, 0.2) is 47.6 Å². The summed E-state index contributed by atoms with van der Waals surface area (Å²) in [5, 5.41) is 12.6. The highest BCUT2D eigenvalue weighted by molar-refractivity contribution is 7.99. The van der Waals surface area contributed by atoms with Gasteiger partial charge in [0.2, 0.25) is 5.91 Å². The van der Waals surface area contributed by atoms with Crippen LogP contribution in [0, 0.1) is 13.8 Å². The van der Waals surface area contributed by atoms with E-state index in [1.165, 1.54) is 17.3 Å². The van der Waals surface area contributed by atoms with Crippen molar-refractivity contribution in [2.75, 3.05) is 11.1 Å². The average molecular weight is 401 g/mol. The molecule has 0 unspecified atom stereocenters. The lowest BCUT2D eigenvalue weighted by molar-refractivity contribution is -0.113. The van der Waals surface area contributed by atoms with Crippen molar-refractivity contribution in [1.82, 2.24) is 14.8 Å². The summed E-state index contributed by atoms with van der Waals surface area (Å²) in [4.78, 5) is 12.3. The minimum Gasteiger partial charge on any atom is -0.324 e. The van der Waals surface area contributed by atoms with Crippen molar-refractivity contribution in [2.45, 2.75) is 25.4 Å². The number of hydrogen-bond donors (Lipinski definition) is 1. The van der Waals surface area contributed by atoms with Crippen LogP contribution in [0.5, 0.6) is 0 Å². The van der Waals surface area contributed by atoms with Crippen LogP contribution in [0.2, 0.25) is 5.02 Å². The van der Waals surface area contributed by atoms with Crippen LogP contribution >= 0.6 is 23.4 Å². The maximum atomic E-state index is 12.3. The molecule has 0 spiro atoms. The summed E-state index contributed by atoms with van der Waals surface area (Å²) in [6, 6.07) is 13.9. The number of nitrogens with one attached hydrogen (secondary N) is 1. The van der Waals surface area contributed by atoms with Gasteiger partial charge in [0.1, 0.15) is 5.82 Å². The molecule has 1 aromatic heterocycles. The molecule has 140 valence electrons. The van der Waals surface area contributed by atoms with E-state index in [2.05, 4.69) is 27.6 Å². The molecule has 27 heavy (non-hydrogen) atoms. The standard InChI is InChI=1S/C20H21ClN4OS/c1-13-9-14(2)19(16(21)10-13)22-18(26)12-27-20-24-23-17(25(20)3)11-15-7-5-4-6-8-15/h4-10H,11-12H2,1-3H3,(H,22,26). The fourth-order valence-electron chi connectivity index (χ4n) is 2.78. The zero-order valence-corrected chi connectivity index (χ0v) is 17.1. The summed E-state index contributed by atoms with van der Waals surface area (Å²) >= 11 is 7.61. The third-order valence-corrected chi connectivity index (χ3v) is 5.48. The minimum atomic E-state index is -0.124. The number of carbonyl (C=O) groups is 1. The first kappa shape index (κ1) is 19.5. The van der Waals surface area contributed by atoms with Crippen LogP contribution in [0.1, 0.15) is 22.5 Å². The van der Waals surface area contributed by atoms with Gasteiger partial charge in [0, 0.05) is 13.5 Å². The Morgan fingerprint density at radius 2 is 1.93 bits per heavy atom. The normalized spacial score (nSPS) is 10.8. The highest BCUT2D eigenvalue weighted by Crippen LogP contribution is 2.27. The second-order valence-corrected chi connectivity index (χ2v) is 7.75. The third-order valence-electron chi connectivity index (χ3n) is 4.16. The molecule has 0 bridgehead atoms. The van der Waals surface area contributed by atoms with Crippen molar-refractivity contribution in [2.24, 2.45) is 7.05 Å². The molecule has 0 aliphatic rings. The summed E-state index contributed by atoms with van der Waals surface area (Å²) in [6.45, 7) is 3.90. The molecule has 0 aliphatic heterocycles. The zero-order chi connectivity index (χ0) is 19.4. The molecular formula is C20H21ClN4OS. The average Bonchev–Trinajstić information content (AvgIpc) is 2.97. The lowest BCUT2D eigenvalue weighted by Crippen LogP contribution is -2.15. The number of amides is 1. The molecular weight excluding hydrogens is 380 g/mol. The van der Waals surface area contributed by atoms with Crippen LogP contribution in [0.3, 0.4) is 0 Å². The lowest BCUT2D eigenvalue weighted by Gasteiger charge is -2.11. The van der Waals surface area contributed by atoms with Gasteiger partial charge in [-0.25, -0.2) is 0 Å². The van der Waals surface area contributed by atoms with Crippen molar-refractivity contribution in [1.29, 1.82) is 0 Å². The predicted octanol–water partition coefficient (Wildman–Crippen LogP) is 4.41. The van der Waals surface area contributed by atoms with Gasteiger partial charge in [0.15, 0.2) is 5.16 Å². The second-order valence-electron chi connectivity index (χ2n) is 6.40. The topological polar surface area (TPSA) is 59.8 Å². The van der Waals surface area contributed by atoms with Crippen LogP contribution in [-0.2, 0) is 18.3 Å². The predicted molar refractivity (Wildman–Crippen MR) is 111 cm³/mol. The highest BCUT2D eigenvalue weighted by atomic mass is 35.5. The Bertz CT molecular complexity index is 933. The van der Waals surface area contributed by atoms with Gasteiger partial charge in [0.05, 0.1) is 16.5 Å². The van der Waals surface area contributed by atoms with E-state index < -0.39 is 0 Å². The van der Waals surface area contributed by atoms with E-state index >= 15 is 0 Å². The van der Waals surface area contributed by atoms with Gasteiger partial charge in [0.25, 0.3) is 0 Å². The number of anilines is 1. The monoisotopic (exact) mass is 400 g/mol. The van der Waals surface area contributed by atoms with Gasteiger partial charge >= 0.3 is 0 Å². The number of benzene rings is 2. The maximum Gasteiger partial charge on any atom is 0.234 e. The second kappa shape index (κ2) is 8.59. The van der Waals surface area contributed by atoms with E-state index in [9.17, 15) is 4.79 Å². The Morgan fingerprint density at radius 1 is 1.19 bits per heavy atom. The van der Waals surface area contributed by atoms with Crippen LogP contribution < -0.4 is 5.32 Å². The molecule has 0 atom stereocenters. The van der Waals surface area contributed by atoms with E-state index in [0.717, 1.165) is 17.0 Å². The summed E-state index contributed by atoms with van der Waals surface area (Å²) < 4.78 is 1.93. The van der Waals surface area contributed by atoms with Gasteiger partial charge in [-0.2, -0.15) is 0 Å². The van der Waals surface area contributed by atoms with E-state index in [1.807, 2.05) is 55.8 Å². The van der Waals surface area contributed by atoms with E-state index in [0.29, 0.717) is 22.3 Å². The number of rotatable bonds is 6. The van der Waals surface area contributed by atoms with E-state index in [4.69, 9.17) is 11.6 Å². The fourth-order valence-corrected chi connectivity index (χ4v) is 3.88. The molecule has 7 heteroatoms. The van der Waals surface area contributed by atoms with Gasteiger partial charge in [-0.3, -0.25) is 4.79 Å². The molecule has 1 heterocycles. The summed E-state index contributed by atoms with van der Waals surface area (Å²) in [5.74, 6) is 0.976. The van der Waals surface area contributed by atoms with Gasteiger partial charge in [-0.05, 0) is 36.6 Å². The molecule has 1 amide bonds. The van der Waals surface area contributed by atoms with Crippen molar-refractivity contribution >= 4 is 35.0 Å². The number of nitrogens with zero attached hydrogens (tertiary/aromatic N) is 3. The largest absolute Gasteiger partial charge is 0.324 e. The molecule has 3 aromatic rings. The fraction of sp³-hybridized carbons (Fsp3) is 0.250. The quantitative estimate of drug-likeness (QED) is 0.623. The molecule has 5 nitrogen and oxygen atoms in total. The van der Waals surface area contributed by atoms with Crippen LogP contribution in [0.25, 0.3) is 0 Å². The SMILES string of the molecule is Cc1cc(C)c(NC(=O)CSc2nnc(Cc3ccccc3)n2C)c(Cl)c1.